The van der Waals surface area contributed by atoms with Crippen molar-refractivity contribution in [2.45, 2.75) is 45.1 Å². The van der Waals surface area contributed by atoms with Gasteiger partial charge in [0.15, 0.2) is 0 Å². The van der Waals surface area contributed by atoms with E-state index in [-0.39, 0.29) is 18.6 Å². The summed E-state index contributed by atoms with van der Waals surface area (Å²) >= 11 is 1.70. The van der Waals surface area contributed by atoms with Crippen LogP contribution in [0.15, 0.2) is 5.38 Å². The average Bonchev–Trinajstić information content (AvgIpc) is 2.79. The van der Waals surface area contributed by atoms with Gasteiger partial charge in [0.2, 0.25) is 0 Å². The first-order valence-electron chi connectivity index (χ1n) is 6.27. The second-order valence-corrected chi connectivity index (χ2v) is 5.48. The SMILES string of the molecule is CC[C@@H](CO)NC(=O)c1csc2c1CCCC2. The Morgan fingerprint density at radius 2 is 2.29 bits per heavy atom. The Bertz CT molecular complexity index is 396. The van der Waals surface area contributed by atoms with Crippen LogP contribution < -0.4 is 5.32 Å². The summed E-state index contributed by atoms with van der Waals surface area (Å²) in [7, 11) is 0. The molecule has 0 bridgehead atoms. The van der Waals surface area contributed by atoms with Crippen molar-refractivity contribution in [3.63, 3.8) is 0 Å². The highest BCUT2D eigenvalue weighted by atomic mass is 32.1. The van der Waals surface area contributed by atoms with E-state index in [1.165, 1.54) is 23.3 Å². The van der Waals surface area contributed by atoms with Gasteiger partial charge in [0, 0.05) is 10.3 Å². The Morgan fingerprint density at radius 3 is 3.00 bits per heavy atom. The molecule has 94 valence electrons. The Balaban J connectivity index is 2.11. The molecule has 1 aliphatic rings. The van der Waals surface area contributed by atoms with Gasteiger partial charge in [0.05, 0.1) is 18.2 Å². The standard InChI is InChI=1S/C13H19NO2S/c1-2-9(7-15)14-13(16)11-8-17-12-6-4-3-5-10(11)12/h8-9,15H,2-7H2,1H3,(H,14,16)/t9-/m0/s1. The lowest BCUT2D eigenvalue weighted by Gasteiger charge is -2.16. The number of rotatable bonds is 4. The molecule has 1 aromatic rings. The van der Waals surface area contributed by atoms with Crippen LogP contribution in [0.3, 0.4) is 0 Å². The molecule has 0 aromatic carbocycles. The largest absolute Gasteiger partial charge is 0.394 e. The molecule has 0 fully saturated rings. The van der Waals surface area contributed by atoms with Crippen molar-refractivity contribution >= 4 is 17.2 Å². The molecule has 3 nitrogen and oxygen atoms in total. The number of aliphatic hydroxyl groups is 1. The van der Waals surface area contributed by atoms with Gasteiger partial charge >= 0.3 is 0 Å². The average molecular weight is 253 g/mol. The summed E-state index contributed by atoms with van der Waals surface area (Å²) in [5.41, 5.74) is 2.07. The van der Waals surface area contributed by atoms with E-state index in [0.29, 0.717) is 0 Å². The van der Waals surface area contributed by atoms with Crippen LogP contribution in [0, 0.1) is 0 Å². The number of carbonyl (C=O) groups is 1. The van der Waals surface area contributed by atoms with Crippen LogP contribution in [0.25, 0.3) is 0 Å². The van der Waals surface area contributed by atoms with Crippen molar-refractivity contribution in [1.82, 2.24) is 5.32 Å². The summed E-state index contributed by atoms with van der Waals surface area (Å²) in [6.45, 7) is 1.97. The molecule has 1 amide bonds. The molecule has 17 heavy (non-hydrogen) atoms. The third-order valence-electron chi connectivity index (χ3n) is 3.35. The van der Waals surface area contributed by atoms with E-state index >= 15 is 0 Å². The maximum absolute atomic E-state index is 12.1. The van der Waals surface area contributed by atoms with Crippen molar-refractivity contribution in [3.8, 4) is 0 Å². The highest BCUT2D eigenvalue weighted by Gasteiger charge is 2.21. The first-order valence-corrected chi connectivity index (χ1v) is 7.15. The minimum atomic E-state index is -0.123. The van der Waals surface area contributed by atoms with E-state index in [9.17, 15) is 4.79 Å². The van der Waals surface area contributed by atoms with E-state index < -0.39 is 0 Å². The van der Waals surface area contributed by atoms with Gasteiger partial charge < -0.3 is 10.4 Å². The lowest BCUT2D eigenvalue weighted by molar-refractivity contribution is 0.0914. The zero-order valence-corrected chi connectivity index (χ0v) is 11.0. The van der Waals surface area contributed by atoms with Gasteiger partial charge in [0.25, 0.3) is 5.91 Å². The second kappa shape index (κ2) is 5.65. The maximum Gasteiger partial charge on any atom is 0.252 e. The fraction of sp³-hybridized carbons (Fsp3) is 0.615. The first-order chi connectivity index (χ1) is 8.26. The molecule has 2 N–H and O–H groups in total. The van der Waals surface area contributed by atoms with Crippen LogP contribution in [0.2, 0.25) is 0 Å². The Hall–Kier alpha value is -0.870. The molecule has 1 heterocycles. The topological polar surface area (TPSA) is 49.3 Å². The van der Waals surface area contributed by atoms with Gasteiger partial charge in [-0.15, -0.1) is 11.3 Å². The monoisotopic (exact) mass is 253 g/mol. The molecule has 0 unspecified atom stereocenters. The Labute approximate surface area is 106 Å². The van der Waals surface area contributed by atoms with Crippen molar-refractivity contribution in [1.29, 1.82) is 0 Å². The van der Waals surface area contributed by atoms with Crippen LogP contribution in [-0.4, -0.2) is 23.7 Å². The molecule has 2 rings (SSSR count). The minimum absolute atomic E-state index is 0.00850. The predicted octanol–water partition coefficient (Wildman–Crippen LogP) is 2.13. The number of nitrogens with one attached hydrogen (secondary N) is 1. The van der Waals surface area contributed by atoms with Crippen molar-refractivity contribution in [2.75, 3.05) is 6.61 Å². The molecular weight excluding hydrogens is 234 g/mol. The molecule has 0 radical (unpaired) electrons. The summed E-state index contributed by atoms with van der Waals surface area (Å²) in [6, 6.07) is -0.123. The van der Waals surface area contributed by atoms with Crippen molar-refractivity contribution in [3.05, 3.63) is 21.4 Å². The van der Waals surface area contributed by atoms with E-state index in [0.717, 1.165) is 24.8 Å². The summed E-state index contributed by atoms with van der Waals surface area (Å²) in [5, 5.41) is 14.0. The predicted molar refractivity (Wildman–Crippen MR) is 69.6 cm³/mol. The van der Waals surface area contributed by atoms with Crippen LogP contribution in [0.4, 0.5) is 0 Å². The number of thiophene rings is 1. The zero-order valence-electron chi connectivity index (χ0n) is 10.2. The van der Waals surface area contributed by atoms with Crippen LogP contribution in [-0.2, 0) is 12.8 Å². The molecular formula is C13H19NO2S. The fourth-order valence-electron chi connectivity index (χ4n) is 2.22. The summed E-state index contributed by atoms with van der Waals surface area (Å²) in [6.07, 6.45) is 5.32. The van der Waals surface area contributed by atoms with Crippen LogP contribution >= 0.6 is 11.3 Å². The number of hydrogen-bond acceptors (Lipinski definition) is 3. The summed E-state index contributed by atoms with van der Waals surface area (Å²) < 4.78 is 0. The van der Waals surface area contributed by atoms with Crippen LogP contribution in [0.1, 0.15) is 47.0 Å². The highest BCUT2D eigenvalue weighted by Crippen LogP contribution is 2.30. The molecule has 1 atom stereocenters. The number of fused-ring (bicyclic) bond motifs is 1. The lowest BCUT2D eigenvalue weighted by atomic mass is 9.95. The van der Waals surface area contributed by atoms with Gasteiger partial charge in [-0.1, -0.05) is 6.92 Å². The quantitative estimate of drug-likeness (QED) is 0.863. The second-order valence-electron chi connectivity index (χ2n) is 4.52. The maximum atomic E-state index is 12.1. The lowest BCUT2D eigenvalue weighted by Crippen LogP contribution is -2.37. The third-order valence-corrected chi connectivity index (χ3v) is 4.44. The number of amides is 1. The minimum Gasteiger partial charge on any atom is -0.394 e. The number of aryl methyl sites for hydroxylation is 1. The van der Waals surface area contributed by atoms with Gasteiger partial charge in [-0.2, -0.15) is 0 Å². The molecule has 0 saturated heterocycles. The van der Waals surface area contributed by atoms with E-state index in [4.69, 9.17) is 5.11 Å². The molecule has 0 spiro atoms. The zero-order chi connectivity index (χ0) is 12.3. The normalized spacial score (nSPS) is 16.4. The summed E-state index contributed by atoms with van der Waals surface area (Å²) in [4.78, 5) is 13.5. The Kier molecular flexibility index (Phi) is 4.18. The third kappa shape index (κ3) is 2.69. The fourth-order valence-corrected chi connectivity index (χ4v) is 3.35. The number of carbonyl (C=O) groups excluding carboxylic acids is 1. The van der Waals surface area contributed by atoms with Crippen LogP contribution in [0.5, 0.6) is 0 Å². The van der Waals surface area contributed by atoms with Gasteiger partial charge in [0.1, 0.15) is 0 Å². The van der Waals surface area contributed by atoms with Gasteiger partial charge in [-0.05, 0) is 37.7 Å². The molecule has 0 saturated carbocycles. The highest BCUT2D eigenvalue weighted by molar-refractivity contribution is 7.10. The van der Waals surface area contributed by atoms with Crippen molar-refractivity contribution < 1.29 is 9.90 Å². The van der Waals surface area contributed by atoms with Crippen molar-refractivity contribution in [2.24, 2.45) is 0 Å². The van der Waals surface area contributed by atoms with Gasteiger partial charge in [-0.3, -0.25) is 4.79 Å². The smallest absolute Gasteiger partial charge is 0.252 e. The molecule has 0 aliphatic heterocycles. The number of aliphatic hydroxyl groups excluding tert-OH is 1. The molecule has 4 heteroatoms. The Morgan fingerprint density at radius 1 is 1.53 bits per heavy atom. The van der Waals surface area contributed by atoms with E-state index in [1.807, 2.05) is 12.3 Å². The van der Waals surface area contributed by atoms with E-state index in [2.05, 4.69) is 5.32 Å². The van der Waals surface area contributed by atoms with Gasteiger partial charge in [-0.25, -0.2) is 0 Å². The number of hydrogen-bond donors (Lipinski definition) is 2. The van der Waals surface area contributed by atoms with E-state index in [1.54, 1.807) is 11.3 Å². The first kappa shape index (κ1) is 12.6. The molecule has 1 aromatic heterocycles. The summed E-state index contributed by atoms with van der Waals surface area (Å²) in [5.74, 6) is -0.0229. The molecule has 1 aliphatic carbocycles.